The molecule has 0 N–H and O–H groups in total. The molecule has 6 rings (SSSR count). The summed E-state index contributed by atoms with van der Waals surface area (Å²) in [5.41, 5.74) is 2.72. The molecule has 1 saturated carbocycles. The number of halogens is 1. The molecule has 12 atom stereocenters. The van der Waals surface area contributed by atoms with Crippen molar-refractivity contribution in [2.45, 2.75) is 128 Å². The molecule has 52 heavy (non-hydrogen) atoms. The van der Waals surface area contributed by atoms with E-state index in [4.69, 9.17) is 45.0 Å². The van der Waals surface area contributed by atoms with Crippen molar-refractivity contribution in [3.63, 3.8) is 0 Å². The van der Waals surface area contributed by atoms with Crippen LogP contribution < -0.4 is 0 Å². The van der Waals surface area contributed by atoms with Crippen LogP contribution in [-0.4, -0.2) is 81.5 Å². The number of hydrogen-bond acceptors (Lipinski definition) is 10. The summed E-state index contributed by atoms with van der Waals surface area (Å²) in [6, 6.07) is 7.80. The molecule has 286 valence electrons. The van der Waals surface area contributed by atoms with Crippen LogP contribution >= 0.6 is 22.9 Å². The molecular weight excluding hydrogens is 702 g/mol. The van der Waals surface area contributed by atoms with Gasteiger partial charge in [-0.25, -0.2) is 4.98 Å². The summed E-state index contributed by atoms with van der Waals surface area (Å²) in [7, 11) is 4.95. The zero-order chi connectivity index (χ0) is 37.1. The molecule has 0 spiro atoms. The van der Waals surface area contributed by atoms with Gasteiger partial charge in [-0.05, 0) is 75.8 Å². The lowest BCUT2D eigenvalue weighted by molar-refractivity contribution is -0.255. The molecule has 1 saturated heterocycles. The first-order valence-electron chi connectivity index (χ1n) is 19.1. The number of rotatable bonds is 12. The minimum Gasteiger partial charge on any atom is -0.462 e. The van der Waals surface area contributed by atoms with Crippen LogP contribution in [0.5, 0.6) is 0 Å². The number of fused-ring (bicyclic) bond motifs is 8. The van der Waals surface area contributed by atoms with E-state index in [9.17, 15) is 9.59 Å². The number of carbonyl (C=O) groups excluding carboxylic acids is 2. The van der Waals surface area contributed by atoms with E-state index >= 15 is 0 Å². The summed E-state index contributed by atoms with van der Waals surface area (Å²) in [4.78, 5) is 34.5. The molecular formula is C41H56ClNO8S. The Morgan fingerprint density at radius 2 is 1.79 bits per heavy atom. The molecule has 4 aliphatic rings. The Morgan fingerprint density at radius 1 is 1.02 bits per heavy atom. The average molecular weight is 758 g/mol. The molecule has 2 fully saturated rings. The van der Waals surface area contributed by atoms with E-state index in [2.05, 4.69) is 19.9 Å². The zero-order valence-electron chi connectivity index (χ0n) is 31.7. The van der Waals surface area contributed by atoms with Gasteiger partial charge in [0.25, 0.3) is 0 Å². The Hall–Kier alpha value is -2.18. The second-order valence-electron chi connectivity index (χ2n) is 15.2. The average Bonchev–Trinajstić information content (AvgIpc) is 3.86. The van der Waals surface area contributed by atoms with Crippen LogP contribution in [-0.2, 0) is 38.0 Å². The van der Waals surface area contributed by atoms with Gasteiger partial charge in [0.15, 0.2) is 12.1 Å². The number of Topliss-reactive ketones (excluding diaryl/α,β-unsaturated/α-hetero) is 1. The second kappa shape index (κ2) is 17.5. The van der Waals surface area contributed by atoms with Crippen LogP contribution in [0.15, 0.2) is 35.9 Å². The van der Waals surface area contributed by atoms with Crippen molar-refractivity contribution in [1.82, 2.24) is 4.98 Å². The van der Waals surface area contributed by atoms with Crippen molar-refractivity contribution in [2.75, 3.05) is 27.9 Å². The summed E-state index contributed by atoms with van der Waals surface area (Å²) in [6.07, 6.45) is 6.43. The highest BCUT2D eigenvalue weighted by Gasteiger charge is 2.56. The van der Waals surface area contributed by atoms with E-state index in [-0.39, 0.29) is 78.1 Å². The maximum atomic E-state index is 14.3. The normalized spacial score (nSPS) is 31.5. The number of ether oxygens (including phenoxy) is 6. The lowest BCUT2D eigenvalue weighted by Gasteiger charge is -2.37. The van der Waals surface area contributed by atoms with E-state index in [1.165, 1.54) is 0 Å². The topological polar surface area (TPSA) is 102 Å². The van der Waals surface area contributed by atoms with Gasteiger partial charge in [-0.3, -0.25) is 9.59 Å². The summed E-state index contributed by atoms with van der Waals surface area (Å²) >= 11 is 8.41. The van der Waals surface area contributed by atoms with Gasteiger partial charge in [-0.15, -0.1) is 11.3 Å². The SMILES string of the molecule is CC[C@H]1CCCC[C@@H](C)C(=O)C2=C[C@@H]3[C@@H](c4sc(-c5ccccc5Cl)nc4C4C[C@@H](OC(OC(C)[C@@H](C)OC)[C@H](COC)OC)C[C@H]43)[C@@H]2CC(=O)O1. The number of thiazole rings is 1. The number of carbonyl (C=O) groups is 2. The smallest absolute Gasteiger partial charge is 0.306 e. The molecule has 2 heterocycles. The third-order valence-corrected chi connectivity index (χ3v) is 13.6. The number of cyclic esters (lactones) is 1. The lowest BCUT2D eigenvalue weighted by Crippen LogP contribution is -2.43. The molecule has 1 aromatic heterocycles. The fourth-order valence-corrected chi connectivity index (χ4v) is 10.6. The van der Waals surface area contributed by atoms with Crippen LogP contribution in [0.4, 0.5) is 0 Å². The van der Waals surface area contributed by atoms with Crippen molar-refractivity contribution in [3.05, 3.63) is 51.5 Å². The predicted molar refractivity (Wildman–Crippen MR) is 202 cm³/mol. The van der Waals surface area contributed by atoms with E-state index in [0.29, 0.717) is 11.6 Å². The maximum Gasteiger partial charge on any atom is 0.306 e. The molecule has 1 aliphatic heterocycles. The summed E-state index contributed by atoms with van der Waals surface area (Å²) in [5.74, 6) is -0.226. The number of nitrogens with zero attached hydrogens (tertiary/aromatic N) is 1. The third-order valence-electron chi connectivity index (χ3n) is 12.1. The Kier molecular flexibility index (Phi) is 13.3. The first-order valence-corrected chi connectivity index (χ1v) is 20.3. The molecule has 0 radical (unpaired) electrons. The van der Waals surface area contributed by atoms with Crippen molar-refractivity contribution in [1.29, 1.82) is 0 Å². The molecule has 0 amide bonds. The minimum atomic E-state index is -0.687. The first kappa shape index (κ1) is 39.5. The van der Waals surface area contributed by atoms with E-state index < -0.39 is 12.4 Å². The first-order chi connectivity index (χ1) is 25.1. The van der Waals surface area contributed by atoms with Gasteiger partial charge in [-0.2, -0.15) is 0 Å². The Bertz CT molecular complexity index is 1580. The number of esters is 1. The Morgan fingerprint density at radius 3 is 2.50 bits per heavy atom. The van der Waals surface area contributed by atoms with Gasteiger partial charge in [0.2, 0.25) is 0 Å². The summed E-state index contributed by atoms with van der Waals surface area (Å²) in [5, 5.41) is 1.50. The quantitative estimate of drug-likeness (QED) is 0.156. The zero-order valence-corrected chi connectivity index (χ0v) is 33.3. The minimum absolute atomic E-state index is 0.0469. The number of methoxy groups -OCH3 is 3. The van der Waals surface area contributed by atoms with Gasteiger partial charge < -0.3 is 28.4 Å². The van der Waals surface area contributed by atoms with Gasteiger partial charge >= 0.3 is 5.97 Å². The number of allylic oxidation sites excluding steroid dienone is 2. The third kappa shape index (κ3) is 8.24. The van der Waals surface area contributed by atoms with Crippen LogP contribution in [0.3, 0.4) is 0 Å². The van der Waals surface area contributed by atoms with Crippen molar-refractivity contribution in [3.8, 4) is 10.6 Å². The van der Waals surface area contributed by atoms with Gasteiger partial charge in [0, 0.05) is 55.4 Å². The van der Waals surface area contributed by atoms with E-state index in [1.807, 2.05) is 38.1 Å². The molecule has 1 aromatic carbocycles. The molecule has 2 aromatic rings. The molecule has 9 nitrogen and oxygen atoms in total. The van der Waals surface area contributed by atoms with Crippen LogP contribution in [0.2, 0.25) is 5.02 Å². The molecule has 11 heteroatoms. The van der Waals surface area contributed by atoms with E-state index in [1.54, 1.807) is 32.7 Å². The highest BCUT2D eigenvalue weighted by Crippen LogP contribution is 2.63. The van der Waals surface area contributed by atoms with Gasteiger partial charge in [-0.1, -0.05) is 56.1 Å². The van der Waals surface area contributed by atoms with Crippen LogP contribution in [0.25, 0.3) is 10.6 Å². The predicted octanol–water partition coefficient (Wildman–Crippen LogP) is 8.53. The highest BCUT2D eigenvalue weighted by atomic mass is 35.5. The fourth-order valence-electron chi connectivity index (χ4n) is 8.95. The van der Waals surface area contributed by atoms with Gasteiger partial charge in [0.1, 0.15) is 17.2 Å². The largest absolute Gasteiger partial charge is 0.462 e. The molecule has 3 unspecified atom stereocenters. The number of ketones is 1. The summed E-state index contributed by atoms with van der Waals surface area (Å²) < 4.78 is 36.3. The van der Waals surface area contributed by atoms with Crippen molar-refractivity contribution in [2.24, 2.45) is 23.7 Å². The van der Waals surface area contributed by atoms with Crippen molar-refractivity contribution >= 4 is 34.7 Å². The second-order valence-corrected chi connectivity index (χ2v) is 16.7. The van der Waals surface area contributed by atoms with Crippen LogP contribution in [0, 0.1) is 23.7 Å². The van der Waals surface area contributed by atoms with Crippen LogP contribution in [0.1, 0.15) is 101 Å². The highest BCUT2D eigenvalue weighted by molar-refractivity contribution is 7.15. The summed E-state index contributed by atoms with van der Waals surface area (Å²) in [6.45, 7) is 8.37. The molecule has 3 aliphatic carbocycles. The number of hydrogen-bond donors (Lipinski definition) is 0. The van der Waals surface area contributed by atoms with E-state index in [0.717, 1.165) is 71.7 Å². The number of aromatic nitrogens is 1. The lowest BCUT2D eigenvalue weighted by atomic mass is 9.68. The Balaban J connectivity index is 1.39. The number of benzene rings is 1. The standard InChI is InChI=1S/C41H56ClNO8S/c1-8-25-14-10-9-13-22(2)38(45)32-19-29-28-17-26(51-41(34(48-7)21-46-5)49-24(4)23(3)47-6)18-31(28)37-39(36(29)30(32)20-35(44)50-25)52-40(43-37)27-15-11-12-16-33(27)42/h11-12,15-16,19,22-26,28-31,34,36,41H,8-10,13-14,17-18,20-21H2,1-7H3/t22-,23-,24?,25+,26+,28+,29+,30-,31?,34+,36-,41?/m1/s1. The fraction of sp³-hybridized carbons (Fsp3) is 0.683. The molecule has 0 bridgehead atoms. The van der Waals surface area contributed by atoms with Crippen molar-refractivity contribution < 1.29 is 38.0 Å². The van der Waals surface area contributed by atoms with Gasteiger partial charge in [0.05, 0.1) is 42.1 Å². The monoisotopic (exact) mass is 757 g/mol. The maximum absolute atomic E-state index is 14.3. The Labute approximate surface area is 318 Å².